The third-order valence-corrected chi connectivity index (χ3v) is 9.68. The number of aliphatic hydroxyl groups excluding tert-OH is 1. The van der Waals surface area contributed by atoms with Crippen molar-refractivity contribution in [3.63, 3.8) is 0 Å². The van der Waals surface area contributed by atoms with Crippen molar-refractivity contribution in [3.8, 4) is 0 Å². The van der Waals surface area contributed by atoms with Gasteiger partial charge in [0.25, 0.3) is 0 Å². The lowest BCUT2D eigenvalue weighted by Gasteiger charge is -2.43. The van der Waals surface area contributed by atoms with E-state index in [-0.39, 0.29) is 0 Å². The summed E-state index contributed by atoms with van der Waals surface area (Å²) in [5.74, 6) is 0. The predicted molar refractivity (Wildman–Crippen MR) is 73.0 cm³/mol. The smallest absolute Gasteiger partial charge is 0.203 e. The van der Waals surface area contributed by atoms with Gasteiger partial charge in [-0.1, -0.05) is 54.9 Å². The molecule has 3 heteroatoms. The van der Waals surface area contributed by atoms with E-state index in [0.717, 1.165) is 12.8 Å². The van der Waals surface area contributed by atoms with Crippen LogP contribution in [0.4, 0.5) is 0 Å². The third kappa shape index (κ3) is 3.57. The molecule has 0 aliphatic carbocycles. The molecule has 0 amide bonds. The van der Waals surface area contributed by atoms with Crippen LogP contribution in [0, 0.1) is 0 Å². The van der Waals surface area contributed by atoms with Crippen molar-refractivity contribution in [1.29, 1.82) is 0 Å². The van der Waals surface area contributed by atoms with Gasteiger partial charge >= 0.3 is 0 Å². The molecule has 0 bridgehead atoms. The van der Waals surface area contributed by atoms with Crippen molar-refractivity contribution in [3.05, 3.63) is 0 Å². The summed E-state index contributed by atoms with van der Waals surface area (Å²) in [4.78, 5) is 0. The Morgan fingerprint density at radius 1 is 0.938 bits per heavy atom. The maximum atomic E-state index is 9.94. The lowest BCUT2D eigenvalue weighted by molar-refractivity contribution is -0.0368. The fourth-order valence-electron chi connectivity index (χ4n) is 2.95. The van der Waals surface area contributed by atoms with Gasteiger partial charge in [-0.05, 0) is 23.0 Å². The highest BCUT2D eigenvalue weighted by molar-refractivity contribution is 6.77. The van der Waals surface area contributed by atoms with Crippen molar-refractivity contribution >= 4 is 8.32 Å². The maximum Gasteiger partial charge on any atom is 0.203 e. The van der Waals surface area contributed by atoms with Gasteiger partial charge in [0.1, 0.15) is 6.29 Å². The molecule has 1 atom stereocenters. The molecule has 0 aliphatic rings. The van der Waals surface area contributed by atoms with Crippen LogP contribution in [0.25, 0.3) is 0 Å². The normalized spacial score (nSPS) is 15.2. The lowest BCUT2D eigenvalue weighted by atomic mass is 10.3. The predicted octanol–water partition coefficient (Wildman–Crippen LogP) is 4.30. The van der Waals surface area contributed by atoms with Crippen LogP contribution in [-0.2, 0) is 4.43 Å². The van der Waals surface area contributed by atoms with Gasteiger partial charge in [-0.25, -0.2) is 0 Å². The molecule has 98 valence electrons. The van der Waals surface area contributed by atoms with Crippen LogP contribution in [0.3, 0.4) is 0 Å². The highest BCUT2D eigenvalue weighted by Crippen LogP contribution is 2.43. The van der Waals surface area contributed by atoms with Gasteiger partial charge in [0.15, 0.2) is 0 Å². The highest BCUT2D eigenvalue weighted by atomic mass is 28.4. The Balaban J connectivity index is 4.90. The summed E-state index contributed by atoms with van der Waals surface area (Å²) in [6.07, 6.45) is 1.16. The molecule has 0 saturated carbocycles. The summed E-state index contributed by atoms with van der Waals surface area (Å²) >= 11 is 0. The van der Waals surface area contributed by atoms with Crippen LogP contribution in [0.5, 0.6) is 0 Å². The average Bonchev–Trinajstić information content (AvgIpc) is 2.12. The van der Waals surface area contributed by atoms with Gasteiger partial charge < -0.3 is 9.53 Å². The molecule has 0 aromatic heterocycles. The van der Waals surface area contributed by atoms with Crippen LogP contribution in [0.2, 0.25) is 16.6 Å². The minimum absolute atomic E-state index is 0.541. The Kier molecular flexibility index (Phi) is 6.83. The zero-order chi connectivity index (χ0) is 12.9. The summed E-state index contributed by atoms with van der Waals surface area (Å²) in [6.45, 7) is 15.5. The van der Waals surface area contributed by atoms with Crippen molar-refractivity contribution in [1.82, 2.24) is 0 Å². The Bertz CT molecular complexity index is 169. The molecule has 0 radical (unpaired) electrons. The summed E-state index contributed by atoms with van der Waals surface area (Å²) in [5.41, 5.74) is 1.62. The van der Waals surface area contributed by atoms with E-state index in [1.54, 1.807) is 0 Å². The quantitative estimate of drug-likeness (QED) is 0.536. The van der Waals surface area contributed by atoms with Crippen molar-refractivity contribution < 1.29 is 9.53 Å². The Hall–Kier alpha value is 0.137. The molecule has 2 nitrogen and oxygen atoms in total. The van der Waals surface area contributed by atoms with E-state index in [0.29, 0.717) is 16.6 Å². The van der Waals surface area contributed by atoms with E-state index in [4.69, 9.17) is 4.43 Å². The Labute approximate surface area is 103 Å². The van der Waals surface area contributed by atoms with E-state index in [2.05, 4.69) is 48.5 Å². The van der Waals surface area contributed by atoms with Gasteiger partial charge in [-0.3, -0.25) is 0 Å². The largest absolute Gasteiger partial charge is 0.392 e. The van der Waals surface area contributed by atoms with Gasteiger partial charge in [0.05, 0.1) is 0 Å². The summed E-state index contributed by atoms with van der Waals surface area (Å²) in [6, 6.07) is 0. The summed E-state index contributed by atoms with van der Waals surface area (Å²) < 4.78 is 6.16. The fraction of sp³-hybridized carbons (Fsp3) is 1.00. The molecule has 0 aromatic carbocycles. The minimum atomic E-state index is -1.88. The second-order valence-electron chi connectivity index (χ2n) is 5.68. The number of aliphatic hydroxyl groups is 1. The zero-order valence-electron chi connectivity index (χ0n) is 12.1. The standard InChI is InChI=1S/C13H30O2Si/c1-8-9-13(14)15-16(10(2)3,11(4)5)12(6)7/h10-14H,8-9H2,1-7H3. The molecule has 16 heavy (non-hydrogen) atoms. The molecule has 0 aliphatic heterocycles. The first-order valence-electron chi connectivity index (χ1n) is 6.64. The maximum absolute atomic E-state index is 9.94. The molecular weight excluding hydrogens is 216 g/mol. The average molecular weight is 246 g/mol. The molecule has 0 saturated heterocycles. The fourth-order valence-corrected chi connectivity index (χ4v) is 8.36. The monoisotopic (exact) mass is 246 g/mol. The van der Waals surface area contributed by atoms with E-state index in [1.165, 1.54) is 0 Å². The Morgan fingerprint density at radius 2 is 1.31 bits per heavy atom. The number of hydrogen-bond donors (Lipinski definition) is 1. The van der Waals surface area contributed by atoms with E-state index >= 15 is 0 Å². The number of hydrogen-bond acceptors (Lipinski definition) is 2. The van der Waals surface area contributed by atoms with Gasteiger partial charge in [-0.2, -0.15) is 0 Å². The first kappa shape index (κ1) is 16.1. The van der Waals surface area contributed by atoms with Crippen LogP contribution in [0.1, 0.15) is 61.3 Å². The SMILES string of the molecule is CCCC(O)O[Si](C(C)C)(C(C)C)C(C)C. The molecular formula is C13H30O2Si. The molecule has 0 heterocycles. The third-order valence-electron chi connectivity index (χ3n) is 3.58. The topological polar surface area (TPSA) is 29.5 Å². The second kappa shape index (κ2) is 6.77. The second-order valence-corrected chi connectivity index (χ2v) is 11.1. The van der Waals surface area contributed by atoms with Crippen LogP contribution < -0.4 is 0 Å². The van der Waals surface area contributed by atoms with Crippen molar-refractivity contribution in [2.45, 2.75) is 84.2 Å². The van der Waals surface area contributed by atoms with Crippen LogP contribution in [0.15, 0.2) is 0 Å². The van der Waals surface area contributed by atoms with E-state index in [1.807, 2.05) is 0 Å². The summed E-state index contributed by atoms with van der Waals surface area (Å²) in [5, 5.41) is 9.94. The highest BCUT2D eigenvalue weighted by Gasteiger charge is 2.46. The van der Waals surface area contributed by atoms with E-state index in [9.17, 15) is 5.11 Å². The number of rotatable bonds is 7. The van der Waals surface area contributed by atoms with Crippen LogP contribution >= 0.6 is 0 Å². The van der Waals surface area contributed by atoms with Crippen molar-refractivity contribution in [2.24, 2.45) is 0 Å². The summed E-state index contributed by atoms with van der Waals surface area (Å²) in [7, 11) is -1.88. The van der Waals surface area contributed by atoms with Gasteiger partial charge in [0.2, 0.25) is 8.32 Å². The first-order chi connectivity index (χ1) is 7.28. The Morgan fingerprint density at radius 3 is 1.56 bits per heavy atom. The van der Waals surface area contributed by atoms with Gasteiger partial charge in [0, 0.05) is 0 Å². The van der Waals surface area contributed by atoms with Crippen molar-refractivity contribution in [2.75, 3.05) is 0 Å². The first-order valence-corrected chi connectivity index (χ1v) is 8.78. The molecule has 0 fully saturated rings. The minimum Gasteiger partial charge on any atom is -0.392 e. The molecule has 0 aromatic rings. The molecule has 1 unspecified atom stereocenters. The molecule has 0 rings (SSSR count). The van der Waals surface area contributed by atoms with Crippen LogP contribution in [-0.4, -0.2) is 19.7 Å². The van der Waals surface area contributed by atoms with E-state index < -0.39 is 14.6 Å². The zero-order valence-corrected chi connectivity index (χ0v) is 13.1. The molecule has 1 N–H and O–H groups in total. The van der Waals surface area contributed by atoms with Gasteiger partial charge in [-0.15, -0.1) is 0 Å². The lowest BCUT2D eigenvalue weighted by Crippen LogP contribution is -2.50. The molecule has 0 spiro atoms.